The van der Waals surface area contributed by atoms with E-state index in [2.05, 4.69) is 5.32 Å². The van der Waals surface area contributed by atoms with E-state index in [1.54, 1.807) is 12.1 Å². The van der Waals surface area contributed by atoms with Gasteiger partial charge in [-0.1, -0.05) is 42.5 Å². The quantitative estimate of drug-likeness (QED) is 0.795. The maximum absolute atomic E-state index is 12.6. The summed E-state index contributed by atoms with van der Waals surface area (Å²) < 4.78 is 22.5. The highest BCUT2D eigenvalue weighted by atomic mass is 32.2. The molecule has 2 aromatic rings. The summed E-state index contributed by atoms with van der Waals surface area (Å²) in [6, 6.07) is 16.3. The number of nitrogens with one attached hydrogen (secondary N) is 1. The van der Waals surface area contributed by atoms with Crippen LogP contribution in [0.5, 0.6) is 0 Å². The van der Waals surface area contributed by atoms with Crippen molar-refractivity contribution in [2.75, 3.05) is 6.54 Å². The first-order valence-corrected chi connectivity index (χ1v) is 9.94. The molecule has 2 aromatic carbocycles. The number of sulfonamides is 1. The van der Waals surface area contributed by atoms with Crippen LogP contribution >= 0.6 is 0 Å². The second kappa shape index (κ2) is 7.37. The number of rotatable bonds is 7. The molecule has 5 nitrogen and oxygen atoms in total. The van der Waals surface area contributed by atoms with Crippen LogP contribution in [0.25, 0.3) is 0 Å². The van der Waals surface area contributed by atoms with E-state index in [4.69, 9.17) is 5.14 Å². The van der Waals surface area contributed by atoms with Gasteiger partial charge >= 0.3 is 0 Å². The Balaban J connectivity index is 1.57. The minimum Gasteiger partial charge on any atom is -0.355 e. The van der Waals surface area contributed by atoms with Gasteiger partial charge in [-0.3, -0.25) is 4.79 Å². The van der Waals surface area contributed by atoms with Crippen molar-refractivity contribution in [3.05, 3.63) is 65.7 Å². The molecule has 3 N–H and O–H groups in total. The molecule has 0 spiro atoms. The number of hydrogen-bond donors (Lipinski definition) is 2. The first-order valence-electron chi connectivity index (χ1n) is 8.39. The average molecular weight is 358 g/mol. The SMILES string of the molecule is NS(=O)(=O)c1ccc(CCNC(=O)C(c2ccccc2)C2CC2)cc1. The van der Waals surface area contributed by atoms with E-state index in [-0.39, 0.29) is 16.7 Å². The number of primary sulfonamides is 1. The lowest BCUT2D eigenvalue weighted by atomic mass is 9.93. The molecule has 0 radical (unpaired) electrons. The highest BCUT2D eigenvalue weighted by Crippen LogP contribution is 2.42. The molecule has 0 aliphatic heterocycles. The van der Waals surface area contributed by atoms with Gasteiger partial charge in [0.1, 0.15) is 0 Å². The van der Waals surface area contributed by atoms with Gasteiger partial charge in [0.2, 0.25) is 15.9 Å². The van der Waals surface area contributed by atoms with Crippen molar-refractivity contribution in [2.45, 2.75) is 30.1 Å². The normalized spacial score (nSPS) is 15.6. The zero-order valence-corrected chi connectivity index (χ0v) is 14.7. The monoisotopic (exact) mass is 358 g/mol. The van der Waals surface area contributed by atoms with Gasteiger partial charge in [0, 0.05) is 6.54 Å². The van der Waals surface area contributed by atoms with Crippen molar-refractivity contribution in [1.82, 2.24) is 5.32 Å². The van der Waals surface area contributed by atoms with Gasteiger partial charge in [-0.25, -0.2) is 13.6 Å². The smallest absolute Gasteiger partial charge is 0.238 e. The van der Waals surface area contributed by atoms with Gasteiger partial charge < -0.3 is 5.32 Å². The first-order chi connectivity index (χ1) is 11.9. The maximum atomic E-state index is 12.6. The van der Waals surface area contributed by atoms with Gasteiger partial charge in [0.05, 0.1) is 10.8 Å². The second-order valence-corrected chi connectivity index (χ2v) is 8.02. The van der Waals surface area contributed by atoms with E-state index in [0.29, 0.717) is 18.9 Å². The Hall–Kier alpha value is -2.18. The molecule has 1 unspecified atom stereocenters. The fourth-order valence-electron chi connectivity index (χ4n) is 3.01. The van der Waals surface area contributed by atoms with Crippen molar-refractivity contribution in [3.63, 3.8) is 0 Å². The van der Waals surface area contributed by atoms with E-state index >= 15 is 0 Å². The van der Waals surface area contributed by atoms with E-state index < -0.39 is 10.0 Å². The van der Waals surface area contributed by atoms with Gasteiger partial charge in [0.15, 0.2) is 0 Å². The molecule has 0 saturated heterocycles. The lowest BCUT2D eigenvalue weighted by Crippen LogP contribution is -2.32. The number of benzene rings is 2. The Kier molecular flexibility index (Phi) is 5.20. The van der Waals surface area contributed by atoms with E-state index in [1.807, 2.05) is 30.3 Å². The minimum absolute atomic E-state index is 0.0647. The summed E-state index contributed by atoms with van der Waals surface area (Å²) in [5, 5.41) is 8.10. The summed E-state index contributed by atoms with van der Waals surface area (Å²) >= 11 is 0. The molecule has 132 valence electrons. The van der Waals surface area contributed by atoms with Crippen LogP contribution in [0.4, 0.5) is 0 Å². The van der Waals surface area contributed by atoms with E-state index in [0.717, 1.165) is 24.0 Å². The molecule has 1 amide bonds. The highest BCUT2D eigenvalue weighted by Gasteiger charge is 2.36. The van der Waals surface area contributed by atoms with Crippen LogP contribution in [0, 0.1) is 5.92 Å². The van der Waals surface area contributed by atoms with Crippen LogP contribution in [0.1, 0.15) is 29.9 Å². The van der Waals surface area contributed by atoms with Crippen molar-refractivity contribution in [2.24, 2.45) is 11.1 Å². The van der Waals surface area contributed by atoms with Crippen molar-refractivity contribution in [1.29, 1.82) is 0 Å². The molecule has 1 atom stereocenters. The third kappa shape index (κ3) is 4.67. The Morgan fingerprint density at radius 3 is 2.28 bits per heavy atom. The zero-order chi connectivity index (χ0) is 17.9. The number of carbonyl (C=O) groups excluding carboxylic acids is 1. The first kappa shape index (κ1) is 17.6. The molecule has 1 fully saturated rings. The summed E-state index contributed by atoms with van der Waals surface area (Å²) in [6.45, 7) is 0.517. The number of amides is 1. The van der Waals surface area contributed by atoms with Crippen LogP contribution in [0.3, 0.4) is 0 Å². The van der Waals surface area contributed by atoms with Gasteiger partial charge in [-0.05, 0) is 48.4 Å². The van der Waals surface area contributed by atoms with Crippen LogP contribution in [-0.4, -0.2) is 20.9 Å². The Labute approximate surface area is 148 Å². The topological polar surface area (TPSA) is 89.3 Å². The van der Waals surface area contributed by atoms with E-state index in [9.17, 15) is 13.2 Å². The van der Waals surface area contributed by atoms with Gasteiger partial charge in [-0.15, -0.1) is 0 Å². The molecule has 3 rings (SSSR count). The van der Waals surface area contributed by atoms with Crippen LogP contribution in [-0.2, 0) is 21.2 Å². The summed E-state index contributed by atoms with van der Waals surface area (Å²) in [5.74, 6) is 0.428. The predicted molar refractivity (Wildman–Crippen MR) is 96.4 cm³/mol. The van der Waals surface area contributed by atoms with E-state index in [1.165, 1.54) is 12.1 Å². The Morgan fingerprint density at radius 1 is 1.08 bits per heavy atom. The zero-order valence-electron chi connectivity index (χ0n) is 13.9. The third-order valence-electron chi connectivity index (χ3n) is 4.50. The maximum Gasteiger partial charge on any atom is 0.238 e. The molecule has 1 aliphatic carbocycles. The van der Waals surface area contributed by atoms with Crippen LogP contribution < -0.4 is 10.5 Å². The standard InChI is InChI=1S/C19H22N2O3S/c20-25(23,24)17-10-6-14(7-11-17)12-13-21-19(22)18(16-8-9-16)15-4-2-1-3-5-15/h1-7,10-11,16,18H,8-9,12-13H2,(H,21,22)(H2,20,23,24). The summed E-state index contributed by atoms with van der Waals surface area (Å²) in [6.07, 6.45) is 2.84. The summed E-state index contributed by atoms with van der Waals surface area (Å²) in [4.78, 5) is 12.7. The molecule has 6 heteroatoms. The minimum atomic E-state index is -3.67. The fraction of sp³-hybridized carbons (Fsp3) is 0.316. The van der Waals surface area contributed by atoms with Gasteiger partial charge in [-0.2, -0.15) is 0 Å². The Bertz CT molecular complexity index is 829. The van der Waals surface area contributed by atoms with Crippen LogP contribution in [0.2, 0.25) is 0 Å². The predicted octanol–water partition coefficient (Wildman–Crippen LogP) is 2.19. The lowest BCUT2D eigenvalue weighted by Gasteiger charge is -2.16. The number of nitrogens with two attached hydrogens (primary N) is 1. The Morgan fingerprint density at radius 2 is 1.72 bits per heavy atom. The van der Waals surface area contributed by atoms with Crippen molar-refractivity contribution < 1.29 is 13.2 Å². The fourth-order valence-corrected chi connectivity index (χ4v) is 3.53. The highest BCUT2D eigenvalue weighted by molar-refractivity contribution is 7.89. The second-order valence-electron chi connectivity index (χ2n) is 6.46. The largest absolute Gasteiger partial charge is 0.355 e. The number of carbonyl (C=O) groups is 1. The molecule has 1 saturated carbocycles. The molecule has 0 heterocycles. The molecule has 25 heavy (non-hydrogen) atoms. The van der Waals surface area contributed by atoms with Crippen LogP contribution in [0.15, 0.2) is 59.5 Å². The molecular weight excluding hydrogens is 336 g/mol. The number of hydrogen-bond acceptors (Lipinski definition) is 3. The lowest BCUT2D eigenvalue weighted by molar-refractivity contribution is -0.123. The summed E-state index contributed by atoms with van der Waals surface area (Å²) in [5.41, 5.74) is 2.02. The molecule has 1 aliphatic rings. The third-order valence-corrected chi connectivity index (χ3v) is 5.43. The molecule has 0 aromatic heterocycles. The average Bonchev–Trinajstić information content (AvgIpc) is 3.41. The summed E-state index contributed by atoms with van der Waals surface area (Å²) in [7, 11) is -3.67. The van der Waals surface area contributed by atoms with Gasteiger partial charge in [0.25, 0.3) is 0 Å². The van der Waals surface area contributed by atoms with Crippen molar-refractivity contribution in [3.8, 4) is 0 Å². The molecular formula is C19H22N2O3S. The van der Waals surface area contributed by atoms with Crippen molar-refractivity contribution >= 4 is 15.9 Å². The molecule has 0 bridgehead atoms.